The SMILES string of the molecule is COC(=O)N1CC(O)C2CC1c1c([nH]c3ccccc13)C2=O. The van der Waals surface area contributed by atoms with Crippen molar-refractivity contribution in [2.75, 3.05) is 13.7 Å². The molecule has 1 saturated heterocycles. The second-order valence-corrected chi connectivity index (χ2v) is 5.87. The molecule has 1 fully saturated rings. The van der Waals surface area contributed by atoms with E-state index in [1.54, 1.807) is 0 Å². The van der Waals surface area contributed by atoms with Gasteiger partial charge >= 0.3 is 6.09 Å². The zero-order valence-electron chi connectivity index (χ0n) is 12.1. The van der Waals surface area contributed by atoms with Gasteiger partial charge in [-0.05, 0) is 12.5 Å². The van der Waals surface area contributed by atoms with Gasteiger partial charge in [-0.3, -0.25) is 9.69 Å². The van der Waals surface area contributed by atoms with Crippen LogP contribution in [0, 0.1) is 5.92 Å². The van der Waals surface area contributed by atoms with Gasteiger partial charge in [0.15, 0.2) is 5.78 Å². The van der Waals surface area contributed by atoms with E-state index >= 15 is 0 Å². The van der Waals surface area contributed by atoms with Gasteiger partial charge in [0.2, 0.25) is 0 Å². The number of piperidine rings is 1. The molecule has 0 spiro atoms. The molecule has 1 amide bonds. The van der Waals surface area contributed by atoms with Crippen LogP contribution in [0.25, 0.3) is 10.9 Å². The molecule has 2 bridgehead atoms. The molecular weight excluding hydrogens is 284 g/mol. The quantitative estimate of drug-likeness (QED) is 0.778. The number of β-amino-alcohol motifs (C(OH)–C–C–N with tert-alkyl or cyclic N) is 1. The number of hydrogen-bond acceptors (Lipinski definition) is 4. The average molecular weight is 300 g/mol. The number of para-hydroxylation sites is 1. The number of benzene rings is 1. The van der Waals surface area contributed by atoms with Crippen molar-refractivity contribution >= 4 is 22.8 Å². The van der Waals surface area contributed by atoms with E-state index in [9.17, 15) is 14.7 Å². The molecule has 4 rings (SSSR count). The minimum Gasteiger partial charge on any atom is -0.453 e. The Morgan fingerprint density at radius 1 is 1.41 bits per heavy atom. The van der Waals surface area contributed by atoms with Crippen molar-refractivity contribution in [2.24, 2.45) is 5.92 Å². The Hall–Kier alpha value is -2.34. The van der Waals surface area contributed by atoms with Gasteiger partial charge in [-0.2, -0.15) is 0 Å². The molecule has 6 nitrogen and oxygen atoms in total. The van der Waals surface area contributed by atoms with Crippen molar-refractivity contribution in [1.29, 1.82) is 0 Å². The molecular formula is C16H16N2O4. The predicted molar refractivity (Wildman–Crippen MR) is 78.6 cm³/mol. The molecule has 6 heteroatoms. The number of carbonyl (C=O) groups excluding carboxylic acids is 2. The lowest BCUT2D eigenvalue weighted by Gasteiger charge is -2.43. The Kier molecular flexibility index (Phi) is 2.77. The second-order valence-electron chi connectivity index (χ2n) is 5.87. The Bertz CT molecular complexity index is 782. The van der Waals surface area contributed by atoms with E-state index in [0.29, 0.717) is 12.1 Å². The van der Waals surface area contributed by atoms with E-state index in [1.165, 1.54) is 12.0 Å². The highest BCUT2D eigenvalue weighted by atomic mass is 16.5. The highest BCUT2D eigenvalue weighted by molar-refractivity contribution is 6.05. The number of H-pyrrole nitrogens is 1. The van der Waals surface area contributed by atoms with Gasteiger partial charge in [0, 0.05) is 16.5 Å². The lowest BCUT2D eigenvalue weighted by Crippen LogP contribution is -2.53. The zero-order chi connectivity index (χ0) is 15.4. The van der Waals surface area contributed by atoms with Gasteiger partial charge < -0.3 is 14.8 Å². The van der Waals surface area contributed by atoms with Crippen molar-refractivity contribution in [3.05, 3.63) is 35.5 Å². The van der Waals surface area contributed by atoms with Gasteiger partial charge in [-0.1, -0.05) is 18.2 Å². The number of aliphatic hydroxyl groups is 1. The molecule has 1 aromatic carbocycles. The first-order valence-electron chi connectivity index (χ1n) is 7.29. The minimum absolute atomic E-state index is 0.0699. The first-order valence-corrected chi connectivity index (χ1v) is 7.29. The molecule has 3 unspecified atom stereocenters. The predicted octanol–water partition coefficient (Wildman–Crippen LogP) is 1.85. The number of ketones is 1. The van der Waals surface area contributed by atoms with Crippen molar-refractivity contribution < 1.29 is 19.4 Å². The van der Waals surface area contributed by atoms with Gasteiger partial charge in [0.05, 0.1) is 37.4 Å². The first kappa shape index (κ1) is 13.3. The monoisotopic (exact) mass is 300 g/mol. The number of Topliss-reactive ketones (excluding diaryl/α,β-unsaturated/α-hetero) is 1. The van der Waals surface area contributed by atoms with Gasteiger partial charge in [0.25, 0.3) is 0 Å². The standard InChI is InChI=1S/C16H16N2O4/c1-22-16(21)18-7-12(19)9-6-11(18)13-8-4-2-3-5-10(8)17-14(13)15(9)20/h2-5,9,11-12,17,19H,6-7H2,1H3. The van der Waals surface area contributed by atoms with Crippen LogP contribution in [-0.4, -0.2) is 46.6 Å². The largest absolute Gasteiger partial charge is 0.453 e. The zero-order valence-corrected chi connectivity index (χ0v) is 12.1. The molecule has 2 N–H and O–H groups in total. The summed E-state index contributed by atoms with van der Waals surface area (Å²) in [6, 6.07) is 7.41. The molecule has 2 aliphatic rings. The van der Waals surface area contributed by atoms with Crippen molar-refractivity contribution in [3.8, 4) is 0 Å². The summed E-state index contributed by atoms with van der Waals surface area (Å²) in [5.41, 5.74) is 2.22. The van der Waals surface area contributed by atoms with Gasteiger partial charge in [-0.25, -0.2) is 4.79 Å². The van der Waals surface area contributed by atoms with Crippen LogP contribution in [0.3, 0.4) is 0 Å². The molecule has 114 valence electrons. The average Bonchev–Trinajstić information content (AvgIpc) is 2.93. The maximum Gasteiger partial charge on any atom is 0.410 e. The molecule has 0 saturated carbocycles. The molecule has 0 radical (unpaired) electrons. The van der Waals surface area contributed by atoms with E-state index in [0.717, 1.165) is 16.5 Å². The van der Waals surface area contributed by atoms with E-state index < -0.39 is 18.1 Å². The summed E-state index contributed by atoms with van der Waals surface area (Å²) in [6.45, 7) is 0.118. The molecule has 1 aliphatic carbocycles. The smallest absolute Gasteiger partial charge is 0.410 e. The molecule has 1 aromatic heterocycles. The van der Waals surface area contributed by atoms with Crippen LogP contribution in [0.4, 0.5) is 4.79 Å². The number of ether oxygens (including phenoxy) is 1. The highest BCUT2D eigenvalue weighted by Crippen LogP contribution is 2.45. The Labute approximate surface area is 126 Å². The summed E-state index contributed by atoms with van der Waals surface area (Å²) < 4.78 is 4.84. The third kappa shape index (κ3) is 1.64. The number of nitrogens with zero attached hydrogens (tertiary/aromatic N) is 1. The Morgan fingerprint density at radius 2 is 2.18 bits per heavy atom. The number of rotatable bonds is 0. The molecule has 2 aromatic rings. The summed E-state index contributed by atoms with van der Waals surface area (Å²) in [7, 11) is 1.32. The van der Waals surface area contributed by atoms with Crippen LogP contribution in [0.5, 0.6) is 0 Å². The maximum atomic E-state index is 12.6. The number of aromatic nitrogens is 1. The summed E-state index contributed by atoms with van der Waals surface area (Å²) in [4.78, 5) is 29.4. The third-order valence-electron chi connectivity index (χ3n) is 4.77. The normalized spacial score (nSPS) is 26.9. The number of fused-ring (bicyclic) bond motifs is 6. The fourth-order valence-electron chi connectivity index (χ4n) is 3.74. The number of carbonyl (C=O) groups is 2. The van der Waals surface area contributed by atoms with Crippen molar-refractivity contribution in [1.82, 2.24) is 9.88 Å². The van der Waals surface area contributed by atoms with Crippen LogP contribution in [0.2, 0.25) is 0 Å². The third-order valence-corrected chi connectivity index (χ3v) is 4.77. The number of likely N-dealkylation sites (tertiary alicyclic amines) is 1. The molecule has 22 heavy (non-hydrogen) atoms. The van der Waals surface area contributed by atoms with Crippen LogP contribution < -0.4 is 0 Å². The maximum absolute atomic E-state index is 12.6. The van der Waals surface area contributed by atoms with Crippen molar-refractivity contribution in [3.63, 3.8) is 0 Å². The fourth-order valence-corrected chi connectivity index (χ4v) is 3.74. The summed E-state index contributed by atoms with van der Waals surface area (Å²) in [5.74, 6) is -0.536. The molecule has 2 heterocycles. The fraction of sp³-hybridized carbons (Fsp3) is 0.375. The Morgan fingerprint density at radius 3 is 2.95 bits per heavy atom. The number of amides is 1. The summed E-state index contributed by atoms with van der Waals surface area (Å²) >= 11 is 0. The minimum atomic E-state index is -0.859. The topological polar surface area (TPSA) is 82.6 Å². The second kappa shape index (κ2) is 4.58. The summed E-state index contributed by atoms with van der Waals surface area (Å²) in [6.07, 6.45) is -0.903. The number of methoxy groups -OCH3 is 1. The van der Waals surface area contributed by atoms with E-state index in [4.69, 9.17) is 4.74 Å². The van der Waals surface area contributed by atoms with Gasteiger partial charge in [0.1, 0.15) is 0 Å². The molecule has 3 atom stereocenters. The van der Waals surface area contributed by atoms with Crippen molar-refractivity contribution in [2.45, 2.75) is 18.6 Å². The van der Waals surface area contributed by atoms with Crippen LogP contribution in [-0.2, 0) is 4.74 Å². The first-order chi connectivity index (χ1) is 10.6. The van der Waals surface area contributed by atoms with E-state index in [-0.39, 0.29) is 18.4 Å². The number of nitrogens with one attached hydrogen (secondary N) is 1. The Balaban J connectivity index is 1.94. The van der Waals surface area contributed by atoms with Crippen LogP contribution in [0.1, 0.15) is 28.5 Å². The number of hydrogen-bond donors (Lipinski definition) is 2. The van der Waals surface area contributed by atoms with Crippen LogP contribution >= 0.6 is 0 Å². The highest BCUT2D eigenvalue weighted by Gasteiger charge is 2.48. The summed E-state index contributed by atoms with van der Waals surface area (Å²) in [5, 5.41) is 11.2. The molecule has 1 aliphatic heterocycles. The lowest BCUT2D eigenvalue weighted by atomic mass is 9.75. The van der Waals surface area contributed by atoms with Gasteiger partial charge in [-0.15, -0.1) is 0 Å². The lowest BCUT2D eigenvalue weighted by molar-refractivity contribution is -0.00690. The van der Waals surface area contributed by atoms with Crippen LogP contribution in [0.15, 0.2) is 24.3 Å². The number of aliphatic hydroxyl groups excluding tert-OH is 1. The number of aromatic amines is 1. The van der Waals surface area contributed by atoms with E-state index in [2.05, 4.69) is 4.98 Å². The van der Waals surface area contributed by atoms with E-state index in [1.807, 2.05) is 24.3 Å².